The molecular weight excluding hydrogens is 310 g/mol. The maximum Gasteiger partial charge on any atom is 0.344 e. The van der Waals surface area contributed by atoms with E-state index in [-0.39, 0.29) is 12.1 Å². The van der Waals surface area contributed by atoms with Gasteiger partial charge in [-0.05, 0) is 31.9 Å². The molecule has 0 spiro atoms. The Balaban J connectivity index is 2.76. The number of anilines is 1. The summed E-state index contributed by atoms with van der Waals surface area (Å²) in [7, 11) is 0. The average molecular weight is 329 g/mol. The van der Waals surface area contributed by atoms with Crippen LogP contribution >= 0.6 is 0 Å². The van der Waals surface area contributed by atoms with Crippen molar-refractivity contribution in [3.8, 4) is 0 Å². The number of fused-ring (bicyclic) bond motifs is 1. The standard InChI is InChI=1S/C17H19N3O4/c1-4-12(13(16(21)22)17(23)24)20(5-2)15-11-8-6-7-10(3)14(11)18-9-19-15/h6-9H,4-5H2,1-3H3,(H,21,22)(H,23,24). The van der Waals surface area contributed by atoms with Gasteiger partial charge in [-0.25, -0.2) is 19.6 Å². The van der Waals surface area contributed by atoms with Crippen molar-refractivity contribution in [1.29, 1.82) is 0 Å². The summed E-state index contributed by atoms with van der Waals surface area (Å²) in [5.74, 6) is -2.43. The molecule has 0 amide bonds. The molecule has 0 atom stereocenters. The number of carboxylic acids is 2. The molecule has 126 valence electrons. The van der Waals surface area contributed by atoms with Crippen molar-refractivity contribution in [3.05, 3.63) is 41.4 Å². The zero-order valence-corrected chi connectivity index (χ0v) is 13.8. The summed E-state index contributed by atoms with van der Waals surface area (Å²) in [4.78, 5) is 33.0. The Morgan fingerprint density at radius 3 is 2.33 bits per heavy atom. The van der Waals surface area contributed by atoms with Crippen molar-refractivity contribution in [3.63, 3.8) is 0 Å². The number of aromatic nitrogens is 2. The summed E-state index contributed by atoms with van der Waals surface area (Å²) < 4.78 is 0. The maximum atomic E-state index is 11.4. The first-order valence-electron chi connectivity index (χ1n) is 7.59. The first-order valence-corrected chi connectivity index (χ1v) is 7.59. The third-order valence-electron chi connectivity index (χ3n) is 3.79. The molecule has 1 aromatic carbocycles. The molecule has 0 aliphatic heterocycles. The first kappa shape index (κ1) is 17.4. The molecule has 1 aromatic heterocycles. The van der Waals surface area contributed by atoms with Gasteiger partial charge in [-0.2, -0.15) is 0 Å². The fourth-order valence-corrected chi connectivity index (χ4v) is 2.75. The van der Waals surface area contributed by atoms with Crippen LogP contribution < -0.4 is 4.90 Å². The number of aryl methyl sites for hydroxylation is 1. The van der Waals surface area contributed by atoms with E-state index >= 15 is 0 Å². The van der Waals surface area contributed by atoms with Crippen LogP contribution in [0.15, 0.2) is 35.8 Å². The highest BCUT2D eigenvalue weighted by Gasteiger charge is 2.26. The molecule has 7 nitrogen and oxygen atoms in total. The average Bonchev–Trinajstić information content (AvgIpc) is 2.54. The fourth-order valence-electron chi connectivity index (χ4n) is 2.75. The first-order chi connectivity index (χ1) is 11.4. The van der Waals surface area contributed by atoms with E-state index < -0.39 is 17.5 Å². The third-order valence-corrected chi connectivity index (χ3v) is 3.79. The van der Waals surface area contributed by atoms with Gasteiger partial charge >= 0.3 is 11.9 Å². The van der Waals surface area contributed by atoms with Crippen molar-refractivity contribution in [2.75, 3.05) is 11.4 Å². The quantitative estimate of drug-likeness (QED) is 0.477. The minimum absolute atomic E-state index is 0.207. The molecule has 0 aliphatic carbocycles. The lowest BCUT2D eigenvalue weighted by atomic mass is 10.1. The maximum absolute atomic E-state index is 11.4. The lowest BCUT2D eigenvalue weighted by molar-refractivity contribution is -0.140. The van der Waals surface area contributed by atoms with Crippen LogP contribution in [-0.4, -0.2) is 38.7 Å². The second kappa shape index (κ2) is 7.08. The monoisotopic (exact) mass is 329 g/mol. The molecule has 0 bridgehead atoms. The zero-order chi connectivity index (χ0) is 17.9. The molecule has 0 radical (unpaired) electrons. The molecular formula is C17H19N3O4. The topological polar surface area (TPSA) is 104 Å². The van der Waals surface area contributed by atoms with Gasteiger partial charge in [-0.3, -0.25) is 0 Å². The van der Waals surface area contributed by atoms with Gasteiger partial charge in [0.25, 0.3) is 0 Å². The number of carboxylic acid groups (broad SMARTS) is 2. The van der Waals surface area contributed by atoms with E-state index in [0.717, 1.165) is 16.5 Å². The van der Waals surface area contributed by atoms with Gasteiger partial charge < -0.3 is 15.1 Å². The van der Waals surface area contributed by atoms with E-state index in [1.54, 1.807) is 11.8 Å². The Morgan fingerprint density at radius 2 is 1.79 bits per heavy atom. The summed E-state index contributed by atoms with van der Waals surface area (Å²) in [5, 5.41) is 19.3. The SMILES string of the molecule is CCC(=C(C(=O)O)C(=O)O)N(CC)c1ncnc2c(C)cccc12. The lowest BCUT2D eigenvalue weighted by Gasteiger charge is -2.26. The van der Waals surface area contributed by atoms with Crippen molar-refractivity contribution < 1.29 is 19.8 Å². The molecule has 0 unspecified atom stereocenters. The number of rotatable bonds is 6. The highest BCUT2D eigenvalue weighted by molar-refractivity contribution is 6.13. The Hall–Kier alpha value is -2.96. The van der Waals surface area contributed by atoms with Gasteiger partial charge in [0.1, 0.15) is 12.1 Å². The summed E-state index contributed by atoms with van der Waals surface area (Å²) in [6.07, 6.45) is 1.65. The molecule has 0 saturated carbocycles. The van der Waals surface area contributed by atoms with Crippen LogP contribution in [0, 0.1) is 6.92 Å². The van der Waals surface area contributed by atoms with E-state index in [4.69, 9.17) is 0 Å². The second-order valence-corrected chi connectivity index (χ2v) is 5.20. The van der Waals surface area contributed by atoms with Gasteiger partial charge in [0.05, 0.1) is 5.52 Å². The van der Waals surface area contributed by atoms with E-state index in [1.807, 2.05) is 32.0 Å². The van der Waals surface area contributed by atoms with Gasteiger partial charge in [0.15, 0.2) is 5.57 Å². The van der Waals surface area contributed by atoms with Crippen molar-refractivity contribution in [2.45, 2.75) is 27.2 Å². The third kappa shape index (κ3) is 3.05. The van der Waals surface area contributed by atoms with Crippen LogP contribution in [0.2, 0.25) is 0 Å². The van der Waals surface area contributed by atoms with Crippen molar-refractivity contribution >= 4 is 28.7 Å². The Labute approximate surface area is 139 Å². The number of benzene rings is 1. The molecule has 1 heterocycles. The van der Waals surface area contributed by atoms with E-state index in [9.17, 15) is 19.8 Å². The van der Waals surface area contributed by atoms with Crippen LogP contribution in [0.3, 0.4) is 0 Å². The fraction of sp³-hybridized carbons (Fsp3) is 0.294. The van der Waals surface area contributed by atoms with E-state index in [2.05, 4.69) is 9.97 Å². The Kier molecular flexibility index (Phi) is 5.13. The smallest absolute Gasteiger partial charge is 0.344 e. The molecule has 0 saturated heterocycles. The molecule has 2 N–H and O–H groups in total. The minimum Gasteiger partial charge on any atom is -0.477 e. The predicted molar refractivity (Wildman–Crippen MR) is 89.9 cm³/mol. The number of allylic oxidation sites excluding steroid dienone is 1. The second-order valence-electron chi connectivity index (χ2n) is 5.20. The van der Waals surface area contributed by atoms with Crippen LogP contribution in [0.4, 0.5) is 5.82 Å². The van der Waals surface area contributed by atoms with Crippen LogP contribution in [0.25, 0.3) is 10.9 Å². The number of hydrogen-bond acceptors (Lipinski definition) is 5. The van der Waals surface area contributed by atoms with Crippen molar-refractivity contribution in [2.24, 2.45) is 0 Å². The van der Waals surface area contributed by atoms with Crippen molar-refractivity contribution in [1.82, 2.24) is 9.97 Å². The predicted octanol–water partition coefficient (Wildman–Crippen LogP) is 2.60. The molecule has 0 fully saturated rings. The molecule has 24 heavy (non-hydrogen) atoms. The van der Waals surface area contributed by atoms with Gasteiger partial charge in [0.2, 0.25) is 0 Å². The number of carbonyl (C=O) groups is 2. The Morgan fingerprint density at radius 1 is 1.12 bits per heavy atom. The summed E-state index contributed by atoms with van der Waals surface area (Å²) in [6.45, 7) is 5.85. The van der Waals surface area contributed by atoms with Crippen LogP contribution in [0.5, 0.6) is 0 Å². The van der Waals surface area contributed by atoms with Gasteiger partial charge in [-0.15, -0.1) is 0 Å². The largest absolute Gasteiger partial charge is 0.477 e. The minimum atomic E-state index is -1.47. The Bertz CT molecular complexity index is 814. The van der Waals surface area contributed by atoms with Gasteiger partial charge in [0, 0.05) is 17.6 Å². The summed E-state index contributed by atoms with van der Waals surface area (Å²) in [6, 6.07) is 5.63. The molecule has 2 aromatic rings. The highest BCUT2D eigenvalue weighted by Crippen LogP contribution is 2.29. The number of nitrogens with zero attached hydrogens (tertiary/aromatic N) is 3. The molecule has 0 aliphatic rings. The molecule has 7 heteroatoms. The lowest BCUT2D eigenvalue weighted by Crippen LogP contribution is -2.28. The zero-order valence-electron chi connectivity index (χ0n) is 13.8. The highest BCUT2D eigenvalue weighted by atomic mass is 16.4. The summed E-state index contributed by atoms with van der Waals surface area (Å²) in [5.41, 5.74) is 1.28. The number of hydrogen-bond donors (Lipinski definition) is 2. The number of para-hydroxylation sites is 1. The van der Waals surface area contributed by atoms with Crippen LogP contribution in [0.1, 0.15) is 25.8 Å². The van der Waals surface area contributed by atoms with E-state index in [1.165, 1.54) is 6.33 Å². The van der Waals surface area contributed by atoms with Gasteiger partial charge in [-0.1, -0.05) is 19.1 Å². The molecule has 2 rings (SSSR count). The van der Waals surface area contributed by atoms with E-state index in [0.29, 0.717) is 12.4 Å². The summed E-state index contributed by atoms with van der Waals surface area (Å²) >= 11 is 0. The normalized spacial score (nSPS) is 10.5. The van der Waals surface area contributed by atoms with Crippen LogP contribution in [-0.2, 0) is 9.59 Å². The number of aliphatic carboxylic acids is 2.